The monoisotopic (exact) mass is 867 g/mol. The Bertz CT molecular complexity index is 3870. The van der Waals surface area contributed by atoms with Gasteiger partial charge in [0.15, 0.2) is 11.6 Å². The van der Waals surface area contributed by atoms with E-state index >= 15 is 0 Å². The Morgan fingerprint density at radius 3 is 1.19 bits per heavy atom. The van der Waals surface area contributed by atoms with Gasteiger partial charge in [0.05, 0.1) is 27.8 Å². The molecule has 0 saturated carbocycles. The molecule has 0 saturated heterocycles. The van der Waals surface area contributed by atoms with Gasteiger partial charge in [-0.05, 0) is 69.3 Å². The molecule has 318 valence electrons. The first-order valence-electron chi connectivity index (χ1n) is 23.0. The fourth-order valence-corrected chi connectivity index (χ4v) is 10.0. The van der Waals surface area contributed by atoms with Gasteiger partial charge in [-0.15, -0.1) is 0 Å². The molecule has 13 aromatic rings. The summed E-state index contributed by atoms with van der Waals surface area (Å²) >= 11 is 0. The third-order valence-corrected chi connectivity index (χ3v) is 13.2. The molecule has 0 amide bonds. The van der Waals surface area contributed by atoms with Crippen molar-refractivity contribution >= 4 is 43.6 Å². The highest BCUT2D eigenvalue weighted by molar-refractivity contribution is 6.19. The molecule has 3 aromatic heterocycles. The number of aromatic nitrogens is 5. The van der Waals surface area contributed by atoms with E-state index in [-0.39, 0.29) is 0 Å². The number of hydrogen-bond acceptors (Lipinski definition) is 3. The zero-order valence-corrected chi connectivity index (χ0v) is 36.9. The topological polar surface area (TPSA) is 48.5 Å². The average molecular weight is 868 g/mol. The van der Waals surface area contributed by atoms with E-state index in [0.717, 1.165) is 77.5 Å². The molecule has 0 aliphatic rings. The predicted molar refractivity (Wildman–Crippen MR) is 281 cm³/mol. The van der Waals surface area contributed by atoms with Crippen LogP contribution in [0.15, 0.2) is 249 Å². The molecular formula is C63H41N5. The third-order valence-electron chi connectivity index (χ3n) is 13.2. The maximum absolute atomic E-state index is 5.38. The van der Waals surface area contributed by atoms with Crippen LogP contribution in [0.5, 0.6) is 0 Å². The summed E-state index contributed by atoms with van der Waals surface area (Å²) in [7, 11) is 0. The van der Waals surface area contributed by atoms with E-state index in [2.05, 4.69) is 246 Å². The van der Waals surface area contributed by atoms with Gasteiger partial charge >= 0.3 is 0 Å². The van der Waals surface area contributed by atoms with E-state index in [1.807, 2.05) is 12.1 Å². The Hall–Kier alpha value is -9.19. The van der Waals surface area contributed by atoms with Gasteiger partial charge in [-0.25, -0.2) is 4.98 Å². The van der Waals surface area contributed by atoms with Crippen molar-refractivity contribution in [3.05, 3.63) is 249 Å². The molecular weight excluding hydrogens is 827 g/mol. The van der Waals surface area contributed by atoms with Crippen molar-refractivity contribution < 1.29 is 0 Å². The number of para-hydroxylation sites is 2. The predicted octanol–water partition coefficient (Wildman–Crippen LogP) is 16.1. The van der Waals surface area contributed by atoms with Crippen LogP contribution in [0.3, 0.4) is 0 Å². The van der Waals surface area contributed by atoms with Crippen molar-refractivity contribution in [1.82, 2.24) is 24.1 Å². The fourth-order valence-electron chi connectivity index (χ4n) is 10.0. The number of rotatable bonds is 8. The summed E-state index contributed by atoms with van der Waals surface area (Å²) in [6.07, 6.45) is 0. The molecule has 0 unspecified atom stereocenters. The number of fused-ring (bicyclic) bond motifs is 6. The summed E-state index contributed by atoms with van der Waals surface area (Å²) in [5.41, 5.74) is 16.4. The van der Waals surface area contributed by atoms with Crippen molar-refractivity contribution in [2.45, 2.75) is 0 Å². The molecule has 0 atom stereocenters. The lowest BCUT2D eigenvalue weighted by molar-refractivity contribution is 0.953. The van der Waals surface area contributed by atoms with Crippen molar-refractivity contribution in [3.8, 4) is 78.9 Å². The molecule has 3 heterocycles. The van der Waals surface area contributed by atoms with Crippen LogP contribution in [-0.4, -0.2) is 24.1 Å². The first kappa shape index (κ1) is 39.2. The highest BCUT2D eigenvalue weighted by atomic mass is 15.2. The summed E-state index contributed by atoms with van der Waals surface area (Å²) in [6.45, 7) is 0. The van der Waals surface area contributed by atoms with Crippen molar-refractivity contribution in [1.29, 1.82) is 0 Å². The van der Waals surface area contributed by atoms with E-state index in [1.54, 1.807) is 0 Å². The SMILES string of the molecule is c1ccc(-c2ccc(-c3nc(-c4ccc(-c5ccccc5)cc4)nc(-n4c5ccccc5c5cc6c7ccccc7n(-c7cccc(-c8ccccc8)c7-c7ccccc7)c6cc54)n3)cc2)cc1. The second-order valence-corrected chi connectivity index (χ2v) is 17.2. The fraction of sp³-hybridized carbons (Fsp3) is 0. The summed E-state index contributed by atoms with van der Waals surface area (Å²) in [5.74, 6) is 1.75. The molecule has 0 N–H and O–H groups in total. The molecule has 0 aliphatic heterocycles. The van der Waals surface area contributed by atoms with Crippen molar-refractivity contribution in [3.63, 3.8) is 0 Å². The van der Waals surface area contributed by atoms with E-state index < -0.39 is 0 Å². The lowest BCUT2D eigenvalue weighted by atomic mass is 9.93. The minimum Gasteiger partial charge on any atom is -0.309 e. The Morgan fingerprint density at radius 2 is 0.662 bits per heavy atom. The number of nitrogens with zero attached hydrogens (tertiary/aromatic N) is 5. The summed E-state index contributed by atoms with van der Waals surface area (Å²) in [4.78, 5) is 16.0. The Balaban J connectivity index is 1.07. The van der Waals surface area contributed by atoms with Gasteiger partial charge in [0, 0.05) is 38.2 Å². The van der Waals surface area contributed by atoms with Gasteiger partial charge in [-0.2, -0.15) is 9.97 Å². The molecule has 0 aliphatic carbocycles. The second kappa shape index (κ2) is 16.4. The Morgan fingerprint density at radius 1 is 0.250 bits per heavy atom. The molecule has 0 bridgehead atoms. The standard InChI is InChI=1S/C63H41N5/c1-5-18-42(19-6-1)44-32-36-48(37-33-44)61-64-62(49-38-34-45(35-39-49)43-20-7-2-8-21-43)66-63(65-61)68-56-30-16-14-27-52(56)54-40-53-51-26-13-15-29-55(51)67(58(53)41-59(54)68)57-31-17-28-50(46-22-9-3-10-23-46)60(57)47-24-11-4-12-25-47/h1-41H. The molecule has 0 radical (unpaired) electrons. The van der Waals surface area contributed by atoms with Crippen LogP contribution >= 0.6 is 0 Å². The normalized spacial score (nSPS) is 11.5. The highest BCUT2D eigenvalue weighted by Gasteiger charge is 2.23. The van der Waals surface area contributed by atoms with Crippen LogP contribution in [0, 0.1) is 0 Å². The van der Waals surface area contributed by atoms with E-state index in [1.165, 1.54) is 27.5 Å². The van der Waals surface area contributed by atoms with Crippen molar-refractivity contribution in [2.75, 3.05) is 0 Å². The smallest absolute Gasteiger partial charge is 0.238 e. The van der Waals surface area contributed by atoms with Crippen LogP contribution in [0.25, 0.3) is 123 Å². The largest absolute Gasteiger partial charge is 0.309 e. The highest BCUT2D eigenvalue weighted by Crippen LogP contribution is 2.44. The molecule has 68 heavy (non-hydrogen) atoms. The van der Waals surface area contributed by atoms with Crippen LogP contribution in [0.1, 0.15) is 0 Å². The molecule has 0 spiro atoms. The van der Waals surface area contributed by atoms with E-state index in [9.17, 15) is 0 Å². The third kappa shape index (κ3) is 6.68. The Labute approximate surface area is 393 Å². The van der Waals surface area contributed by atoms with E-state index in [4.69, 9.17) is 15.0 Å². The minimum atomic E-state index is 0.550. The zero-order chi connectivity index (χ0) is 45.0. The minimum absolute atomic E-state index is 0.550. The summed E-state index contributed by atoms with van der Waals surface area (Å²) < 4.78 is 4.68. The maximum Gasteiger partial charge on any atom is 0.238 e. The zero-order valence-electron chi connectivity index (χ0n) is 36.9. The summed E-state index contributed by atoms with van der Waals surface area (Å²) in [5, 5.41) is 4.61. The van der Waals surface area contributed by atoms with E-state index in [0.29, 0.717) is 17.6 Å². The van der Waals surface area contributed by atoms with Crippen LogP contribution < -0.4 is 0 Å². The maximum atomic E-state index is 5.38. The molecule has 5 nitrogen and oxygen atoms in total. The first-order valence-corrected chi connectivity index (χ1v) is 23.0. The average Bonchev–Trinajstić information content (AvgIpc) is 3.92. The van der Waals surface area contributed by atoms with Gasteiger partial charge in [0.25, 0.3) is 0 Å². The molecule has 13 rings (SSSR count). The summed E-state index contributed by atoms with van der Waals surface area (Å²) in [6, 6.07) is 88.2. The first-order chi connectivity index (χ1) is 33.7. The molecule has 0 fully saturated rings. The number of hydrogen-bond donors (Lipinski definition) is 0. The van der Waals surface area contributed by atoms with Gasteiger partial charge in [0.2, 0.25) is 5.95 Å². The second-order valence-electron chi connectivity index (χ2n) is 17.2. The number of benzene rings is 10. The lowest BCUT2D eigenvalue weighted by Crippen LogP contribution is -2.06. The molecule has 5 heteroatoms. The van der Waals surface area contributed by atoms with Crippen LogP contribution in [-0.2, 0) is 0 Å². The van der Waals surface area contributed by atoms with Crippen molar-refractivity contribution in [2.24, 2.45) is 0 Å². The quantitative estimate of drug-likeness (QED) is 0.153. The lowest BCUT2D eigenvalue weighted by Gasteiger charge is -2.18. The Kier molecular flexibility index (Phi) is 9.43. The van der Waals surface area contributed by atoms with Crippen LogP contribution in [0.4, 0.5) is 0 Å². The van der Waals surface area contributed by atoms with Gasteiger partial charge in [0.1, 0.15) is 0 Å². The molecule has 10 aromatic carbocycles. The van der Waals surface area contributed by atoms with Crippen LogP contribution in [0.2, 0.25) is 0 Å². The van der Waals surface area contributed by atoms with Gasteiger partial charge in [-0.1, -0.05) is 218 Å². The van der Waals surface area contributed by atoms with Gasteiger partial charge < -0.3 is 4.57 Å². The van der Waals surface area contributed by atoms with Gasteiger partial charge in [-0.3, -0.25) is 4.57 Å².